The Balaban J connectivity index is 2.02. The van der Waals surface area contributed by atoms with Crippen LogP contribution >= 0.6 is 11.3 Å². The smallest absolute Gasteiger partial charge is 0.263 e. The van der Waals surface area contributed by atoms with Crippen molar-refractivity contribution < 1.29 is 9.90 Å². The maximum atomic E-state index is 12.1. The summed E-state index contributed by atoms with van der Waals surface area (Å²) < 4.78 is 0. The summed E-state index contributed by atoms with van der Waals surface area (Å²) in [5.74, 6) is 0.417. The van der Waals surface area contributed by atoms with E-state index in [1.54, 1.807) is 11.3 Å². The van der Waals surface area contributed by atoms with E-state index in [-0.39, 0.29) is 18.4 Å². The van der Waals surface area contributed by atoms with Crippen molar-refractivity contribution in [2.24, 2.45) is 5.92 Å². The van der Waals surface area contributed by atoms with E-state index < -0.39 is 0 Å². The van der Waals surface area contributed by atoms with Crippen LogP contribution in [0.5, 0.6) is 0 Å². The zero-order chi connectivity index (χ0) is 12.4. The van der Waals surface area contributed by atoms with Crippen LogP contribution in [0.4, 0.5) is 0 Å². The van der Waals surface area contributed by atoms with Gasteiger partial charge in [-0.05, 0) is 25.0 Å². The van der Waals surface area contributed by atoms with Crippen LogP contribution in [0, 0.1) is 12.8 Å². The van der Waals surface area contributed by atoms with Gasteiger partial charge in [0.25, 0.3) is 5.91 Å². The molecule has 1 aliphatic heterocycles. The molecule has 1 aromatic rings. The van der Waals surface area contributed by atoms with Gasteiger partial charge in [0.15, 0.2) is 0 Å². The summed E-state index contributed by atoms with van der Waals surface area (Å²) in [5, 5.41) is 8.94. The Labute approximate surface area is 106 Å². The molecule has 1 amide bonds. The Hall–Kier alpha value is -0.870. The molecule has 0 atom stereocenters. The van der Waals surface area contributed by atoms with E-state index in [9.17, 15) is 4.79 Å². The number of aliphatic hydroxyl groups is 1. The molecule has 17 heavy (non-hydrogen) atoms. The highest BCUT2D eigenvalue weighted by atomic mass is 32.1. The second kappa shape index (κ2) is 5.19. The standard InChI is InChI=1S/C13H19NO2S/c1-3-4-11-5-12(17-9(11)2)13(16)14-6-10(7-14)8-15/h5,10,15H,3-4,6-8H2,1-2H3. The Morgan fingerprint density at radius 2 is 2.29 bits per heavy atom. The number of nitrogens with zero attached hydrogens (tertiary/aromatic N) is 1. The number of thiophene rings is 1. The number of likely N-dealkylation sites (tertiary alicyclic amines) is 1. The zero-order valence-electron chi connectivity index (χ0n) is 10.4. The summed E-state index contributed by atoms with van der Waals surface area (Å²) >= 11 is 1.60. The predicted molar refractivity (Wildman–Crippen MR) is 69.5 cm³/mol. The van der Waals surface area contributed by atoms with Crippen LogP contribution in [-0.4, -0.2) is 35.6 Å². The summed E-state index contributed by atoms with van der Waals surface area (Å²) in [7, 11) is 0. The SMILES string of the molecule is CCCc1cc(C(=O)N2CC(CO)C2)sc1C. The summed E-state index contributed by atoms with van der Waals surface area (Å²) in [6.45, 7) is 5.83. The number of carbonyl (C=O) groups excluding carboxylic acids is 1. The van der Waals surface area contributed by atoms with Gasteiger partial charge in [-0.2, -0.15) is 0 Å². The van der Waals surface area contributed by atoms with Crippen molar-refractivity contribution in [2.45, 2.75) is 26.7 Å². The van der Waals surface area contributed by atoms with Crippen LogP contribution in [0.2, 0.25) is 0 Å². The lowest BCUT2D eigenvalue weighted by atomic mass is 10.0. The molecule has 0 radical (unpaired) electrons. The fraction of sp³-hybridized carbons (Fsp3) is 0.615. The second-order valence-corrected chi connectivity index (χ2v) is 5.96. The van der Waals surface area contributed by atoms with E-state index in [2.05, 4.69) is 13.8 Å². The number of aryl methyl sites for hydroxylation is 2. The van der Waals surface area contributed by atoms with Crippen molar-refractivity contribution in [2.75, 3.05) is 19.7 Å². The highest BCUT2D eigenvalue weighted by Crippen LogP contribution is 2.26. The van der Waals surface area contributed by atoms with Crippen LogP contribution in [0.1, 0.15) is 33.5 Å². The molecule has 94 valence electrons. The summed E-state index contributed by atoms with van der Waals surface area (Å²) in [4.78, 5) is 16.0. The molecule has 1 aliphatic rings. The minimum atomic E-state index is 0.130. The molecule has 0 aliphatic carbocycles. The lowest BCUT2D eigenvalue weighted by Gasteiger charge is -2.37. The Morgan fingerprint density at radius 3 is 2.88 bits per heavy atom. The van der Waals surface area contributed by atoms with E-state index in [4.69, 9.17) is 5.11 Å². The molecule has 2 heterocycles. The average Bonchev–Trinajstić information content (AvgIpc) is 2.59. The molecule has 1 saturated heterocycles. The summed E-state index contributed by atoms with van der Waals surface area (Å²) in [6.07, 6.45) is 2.16. The van der Waals surface area contributed by atoms with Crippen molar-refractivity contribution in [3.05, 3.63) is 21.4 Å². The molecule has 1 N–H and O–H groups in total. The van der Waals surface area contributed by atoms with Crippen LogP contribution in [-0.2, 0) is 6.42 Å². The number of hydrogen-bond acceptors (Lipinski definition) is 3. The first kappa shape index (κ1) is 12.6. The minimum absolute atomic E-state index is 0.130. The Bertz CT molecular complexity index is 408. The first-order valence-corrected chi connectivity index (χ1v) is 6.96. The number of rotatable bonds is 4. The van der Waals surface area contributed by atoms with E-state index >= 15 is 0 Å². The Morgan fingerprint density at radius 1 is 1.59 bits per heavy atom. The van der Waals surface area contributed by atoms with Crippen LogP contribution < -0.4 is 0 Å². The van der Waals surface area contributed by atoms with E-state index in [0.29, 0.717) is 13.1 Å². The van der Waals surface area contributed by atoms with Gasteiger partial charge in [-0.3, -0.25) is 4.79 Å². The first-order valence-electron chi connectivity index (χ1n) is 6.15. The monoisotopic (exact) mass is 253 g/mol. The van der Waals surface area contributed by atoms with Gasteiger partial charge < -0.3 is 10.0 Å². The fourth-order valence-electron chi connectivity index (χ4n) is 2.15. The number of carbonyl (C=O) groups is 1. The topological polar surface area (TPSA) is 40.5 Å². The number of aliphatic hydroxyl groups excluding tert-OH is 1. The molecule has 0 spiro atoms. The third kappa shape index (κ3) is 2.53. The highest BCUT2D eigenvalue weighted by Gasteiger charge is 2.31. The highest BCUT2D eigenvalue weighted by molar-refractivity contribution is 7.14. The molecule has 0 saturated carbocycles. The first-order chi connectivity index (χ1) is 8.15. The summed E-state index contributed by atoms with van der Waals surface area (Å²) in [5.41, 5.74) is 1.31. The van der Waals surface area contributed by atoms with Crippen molar-refractivity contribution in [3.63, 3.8) is 0 Å². The largest absolute Gasteiger partial charge is 0.396 e. The summed E-state index contributed by atoms with van der Waals surface area (Å²) in [6, 6.07) is 2.04. The van der Waals surface area contributed by atoms with Crippen LogP contribution in [0.15, 0.2) is 6.07 Å². The van der Waals surface area contributed by atoms with Crippen LogP contribution in [0.3, 0.4) is 0 Å². The number of hydrogen-bond donors (Lipinski definition) is 1. The van der Waals surface area contributed by atoms with Gasteiger partial charge >= 0.3 is 0 Å². The molecular formula is C13H19NO2S. The molecule has 4 heteroatoms. The average molecular weight is 253 g/mol. The van der Waals surface area contributed by atoms with Crippen molar-refractivity contribution >= 4 is 17.2 Å². The van der Waals surface area contributed by atoms with Gasteiger partial charge in [0.05, 0.1) is 4.88 Å². The third-order valence-electron chi connectivity index (χ3n) is 3.25. The lowest BCUT2D eigenvalue weighted by Crippen LogP contribution is -2.51. The fourth-order valence-corrected chi connectivity index (χ4v) is 3.19. The molecule has 0 unspecified atom stereocenters. The van der Waals surface area contributed by atoms with E-state index in [1.807, 2.05) is 11.0 Å². The molecule has 0 bridgehead atoms. The van der Waals surface area contributed by atoms with E-state index in [0.717, 1.165) is 17.7 Å². The normalized spacial score (nSPS) is 16.1. The predicted octanol–water partition coefficient (Wildman–Crippen LogP) is 2.07. The molecule has 3 nitrogen and oxygen atoms in total. The quantitative estimate of drug-likeness (QED) is 0.892. The number of amides is 1. The molecule has 1 fully saturated rings. The van der Waals surface area contributed by atoms with Gasteiger partial charge in [0, 0.05) is 30.5 Å². The maximum Gasteiger partial charge on any atom is 0.263 e. The van der Waals surface area contributed by atoms with Crippen molar-refractivity contribution in [1.29, 1.82) is 0 Å². The lowest BCUT2D eigenvalue weighted by molar-refractivity contribution is 0.0366. The van der Waals surface area contributed by atoms with Crippen molar-refractivity contribution in [3.8, 4) is 0 Å². The van der Waals surface area contributed by atoms with Gasteiger partial charge in [-0.25, -0.2) is 0 Å². The maximum absolute atomic E-state index is 12.1. The van der Waals surface area contributed by atoms with Crippen molar-refractivity contribution in [1.82, 2.24) is 4.90 Å². The molecule has 0 aromatic carbocycles. The van der Waals surface area contributed by atoms with Gasteiger partial charge in [-0.15, -0.1) is 11.3 Å². The van der Waals surface area contributed by atoms with E-state index in [1.165, 1.54) is 10.4 Å². The minimum Gasteiger partial charge on any atom is -0.396 e. The zero-order valence-corrected chi connectivity index (χ0v) is 11.2. The van der Waals surface area contributed by atoms with Crippen LogP contribution in [0.25, 0.3) is 0 Å². The Kier molecular flexibility index (Phi) is 3.84. The van der Waals surface area contributed by atoms with Gasteiger partial charge in [-0.1, -0.05) is 13.3 Å². The van der Waals surface area contributed by atoms with Gasteiger partial charge in [0.2, 0.25) is 0 Å². The second-order valence-electron chi connectivity index (χ2n) is 4.70. The van der Waals surface area contributed by atoms with Gasteiger partial charge in [0.1, 0.15) is 0 Å². The molecular weight excluding hydrogens is 234 g/mol. The molecule has 2 rings (SSSR count). The third-order valence-corrected chi connectivity index (χ3v) is 4.33. The molecule has 1 aromatic heterocycles.